The number of carboxylic acids is 1. The largest absolute Gasteiger partial charge is 0.478 e. The van der Waals surface area contributed by atoms with Crippen LogP contribution in [0, 0.1) is 5.92 Å². The molecular formula is C15H24N2O2. The molecule has 0 saturated carbocycles. The van der Waals surface area contributed by atoms with Crippen LogP contribution in [0.25, 0.3) is 0 Å². The molecule has 1 heterocycles. The summed E-state index contributed by atoms with van der Waals surface area (Å²) in [5, 5.41) is 9.19. The van der Waals surface area contributed by atoms with Gasteiger partial charge in [-0.2, -0.15) is 0 Å². The van der Waals surface area contributed by atoms with Crippen LogP contribution < -0.4 is 4.90 Å². The van der Waals surface area contributed by atoms with Gasteiger partial charge in [-0.05, 0) is 31.4 Å². The highest BCUT2D eigenvalue weighted by atomic mass is 16.4. The number of aromatic carboxylic acids is 1. The first-order valence-corrected chi connectivity index (χ1v) is 6.97. The molecule has 4 nitrogen and oxygen atoms in total. The summed E-state index contributed by atoms with van der Waals surface area (Å²) in [6, 6.07) is 3.35. The third-order valence-electron chi connectivity index (χ3n) is 2.91. The lowest BCUT2D eigenvalue weighted by molar-refractivity contribution is 0.0696. The van der Waals surface area contributed by atoms with E-state index in [0.717, 1.165) is 37.4 Å². The van der Waals surface area contributed by atoms with Gasteiger partial charge in [0.1, 0.15) is 5.82 Å². The molecule has 0 aliphatic rings. The van der Waals surface area contributed by atoms with Crippen molar-refractivity contribution in [2.45, 2.75) is 40.5 Å². The maximum absolute atomic E-state index is 11.2. The minimum Gasteiger partial charge on any atom is -0.478 e. The Morgan fingerprint density at radius 3 is 2.53 bits per heavy atom. The highest BCUT2D eigenvalue weighted by Crippen LogP contribution is 2.17. The number of nitrogens with zero attached hydrogens (tertiary/aromatic N) is 2. The second-order valence-corrected chi connectivity index (χ2v) is 5.19. The molecule has 0 fully saturated rings. The van der Waals surface area contributed by atoms with Crippen molar-refractivity contribution in [1.29, 1.82) is 0 Å². The predicted octanol–water partition coefficient (Wildman–Crippen LogP) is 3.21. The number of hydrogen-bond acceptors (Lipinski definition) is 3. The molecule has 0 aromatic carbocycles. The SMILES string of the molecule is CCCc1cc(C(=O)O)cc(N(CC)CC(C)C)n1. The van der Waals surface area contributed by atoms with Crippen LogP contribution in [0.15, 0.2) is 12.1 Å². The molecule has 0 atom stereocenters. The zero-order valence-electron chi connectivity index (χ0n) is 12.3. The van der Waals surface area contributed by atoms with Crippen LogP contribution in [0.2, 0.25) is 0 Å². The average molecular weight is 264 g/mol. The van der Waals surface area contributed by atoms with E-state index >= 15 is 0 Å². The highest BCUT2D eigenvalue weighted by molar-refractivity contribution is 5.88. The van der Waals surface area contributed by atoms with E-state index in [4.69, 9.17) is 0 Å². The van der Waals surface area contributed by atoms with E-state index in [1.54, 1.807) is 12.1 Å². The van der Waals surface area contributed by atoms with Crippen LogP contribution >= 0.6 is 0 Å². The number of aryl methyl sites for hydroxylation is 1. The van der Waals surface area contributed by atoms with Gasteiger partial charge in [-0.3, -0.25) is 0 Å². The van der Waals surface area contributed by atoms with Crippen molar-refractivity contribution in [3.63, 3.8) is 0 Å². The number of carbonyl (C=O) groups is 1. The Hall–Kier alpha value is -1.58. The number of carboxylic acid groups (broad SMARTS) is 1. The zero-order chi connectivity index (χ0) is 14.4. The van der Waals surface area contributed by atoms with E-state index in [1.165, 1.54) is 0 Å². The predicted molar refractivity (Wildman–Crippen MR) is 77.9 cm³/mol. The summed E-state index contributed by atoms with van der Waals surface area (Å²) in [7, 11) is 0. The highest BCUT2D eigenvalue weighted by Gasteiger charge is 2.13. The summed E-state index contributed by atoms with van der Waals surface area (Å²) >= 11 is 0. The van der Waals surface area contributed by atoms with Crippen molar-refractivity contribution >= 4 is 11.8 Å². The second-order valence-electron chi connectivity index (χ2n) is 5.19. The molecule has 0 unspecified atom stereocenters. The normalized spacial score (nSPS) is 10.8. The maximum Gasteiger partial charge on any atom is 0.335 e. The number of hydrogen-bond donors (Lipinski definition) is 1. The summed E-state index contributed by atoms with van der Waals surface area (Å²) in [5.74, 6) is 0.408. The molecule has 4 heteroatoms. The lowest BCUT2D eigenvalue weighted by atomic mass is 10.1. The molecule has 0 spiro atoms. The number of pyridine rings is 1. The van der Waals surface area contributed by atoms with Crippen molar-refractivity contribution < 1.29 is 9.90 Å². The summed E-state index contributed by atoms with van der Waals surface area (Å²) in [6.45, 7) is 10.2. The maximum atomic E-state index is 11.2. The molecule has 1 aromatic rings. The monoisotopic (exact) mass is 264 g/mol. The van der Waals surface area contributed by atoms with Gasteiger partial charge in [0.25, 0.3) is 0 Å². The number of anilines is 1. The molecule has 106 valence electrons. The van der Waals surface area contributed by atoms with Gasteiger partial charge < -0.3 is 10.0 Å². The van der Waals surface area contributed by atoms with Gasteiger partial charge in [-0.25, -0.2) is 9.78 Å². The molecule has 1 rings (SSSR count). The van der Waals surface area contributed by atoms with E-state index in [0.29, 0.717) is 11.5 Å². The molecule has 19 heavy (non-hydrogen) atoms. The van der Waals surface area contributed by atoms with Crippen LogP contribution in [-0.2, 0) is 6.42 Å². The van der Waals surface area contributed by atoms with Crippen LogP contribution in [0.1, 0.15) is 50.2 Å². The fourth-order valence-electron chi connectivity index (χ4n) is 2.07. The van der Waals surface area contributed by atoms with Gasteiger partial charge >= 0.3 is 5.97 Å². The fourth-order valence-corrected chi connectivity index (χ4v) is 2.07. The van der Waals surface area contributed by atoms with E-state index in [9.17, 15) is 9.90 Å². The van der Waals surface area contributed by atoms with Gasteiger partial charge in [0, 0.05) is 18.8 Å². The van der Waals surface area contributed by atoms with Crippen molar-refractivity contribution in [3.05, 3.63) is 23.4 Å². The Labute approximate surface area is 115 Å². The quantitative estimate of drug-likeness (QED) is 0.821. The average Bonchev–Trinajstić information content (AvgIpc) is 2.35. The zero-order valence-corrected chi connectivity index (χ0v) is 12.3. The van der Waals surface area contributed by atoms with Crippen LogP contribution in [0.3, 0.4) is 0 Å². The topological polar surface area (TPSA) is 53.4 Å². The van der Waals surface area contributed by atoms with Crippen molar-refractivity contribution in [2.75, 3.05) is 18.0 Å². The van der Waals surface area contributed by atoms with Crippen molar-refractivity contribution in [3.8, 4) is 0 Å². The molecule has 0 aliphatic carbocycles. The molecule has 0 amide bonds. The first-order chi connectivity index (χ1) is 8.97. The molecule has 1 N–H and O–H groups in total. The molecule has 1 aromatic heterocycles. The third kappa shape index (κ3) is 4.54. The number of aromatic nitrogens is 1. The Kier molecular flexibility index (Phi) is 5.80. The first-order valence-electron chi connectivity index (χ1n) is 6.97. The molecule has 0 bridgehead atoms. The van der Waals surface area contributed by atoms with E-state index in [-0.39, 0.29) is 0 Å². The second kappa shape index (κ2) is 7.12. The van der Waals surface area contributed by atoms with Gasteiger partial charge in [-0.15, -0.1) is 0 Å². The minimum atomic E-state index is -0.887. The Morgan fingerprint density at radius 2 is 2.05 bits per heavy atom. The molecule has 0 radical (unpaired) electrons. The third-order valence-corrected chi connectivity index (χ3v) is 2.91. The lowest BCUT2D eigenvalue weighted by Crippen LogP contribution is -2.28. The summed E-state index contributed by atoms with van der Waals surface area (Å²) in [6.07, 6.45) is 1.78. The van der Waals surface area contributed by atoms with Crippen LogP contribution in [0.5, 0.6) is 0 Å². The Balaban J connectivity index is 3.12. The first kappa shape index (κ1) is 15.5. The van der Waals surface area contributed by atoms with Crippen LogP contribution in [0.4, 0.5) is 5.82 Å². The van der Waals surface area contributed by atoms with Crippen molar-refractivity contribution in [1.82, 2.24) is 4.98 Å². The molecule has 0 saturated heterocycles. The van der Waals surface area contributed by atoms with E-state index < -0.39 is 5.97 Å². The molecule has 0 aliphatic heterocycles. The van der Waals surface area contributed by atoms with Gasteiger partial charge in [0.05, 0.1) is 5.56 Å². The standard InChI is InChI=1S/C15H24N2O2/c1-5-7-13-8-12(15(18)19)9-14(16-13)17(6-2)10-11(3)4/h8-9,11H,5-7,10H2,1-4H3,(H,18,19). The van der Waals surface area contributed by atoms with Gasteiger partial charge in [0.15, 0.2) is 0 Å². The smallest absolute Gasteiger partial charge is 0.335 e. The van der Waals surface area contributed by atoms with Crippen LogP contribution in [-0.4, -0.2) is 29.1 Å². The van der Waals surface area contributed by atoms with E-state index in [1.807, 2.05) is 0 Å². The Bertz CT molecular complexity index is 430. The lowest BCUT2D eigenvalue weighted by Gasteiger charge is -2.24. The number of rotatable bonds is 7. The van der Waals surface area contributed by atoms with Gasteiger partial charge in [-0.1, -0.05) is 27.2 Å². The summed E-state index contributed by atoms with van der Waals surface area (Å²) < 4.78 is 0. The fraction of sp³-hybridized carbons (Fsp3) is 0.600. The summed E-state index contributed by atoms with van der Waals surface area (Å²) in [4.78, 5) is 17.9. The molecular weight excluding hydrogens is 240 g/mol. The van der Waals surface area contributed by atoms with Crippen molar-refractivity contribution in [2.24, 2.45) is 5.92 Å². The van der Waals surface area contributed by atoms with Gasteiger partial charge in [0.2, 0.25) is 0 Å². The van der Waals surface area contributed by atoms with E-state index in [2.05, 4.69) is 37.6 Å². The minimum absolute atomic E-state index is 0.329. The summed E-state index contributed by atoms with van der Waals surface area (Å²) in [5.41, 5.74) is 1.19. The Morgan fingerprint density at radius 1 is 1.37 bits per heavy atom.